The molecule has 0 bridgehead atoms. The maximum Gasteiger partial charge on any atom is 0.127 e. The molecule has 182 valence electrons. The highest BCUT2D eigenvalue weighted by molar-refractivity contribution is 5.97. The Balaban J connectivity index is 1.45. The number of hydrogen-bond acceptors (Lipinski definition) is 2. The van der Waals surface area contributed by atoms with Crippen molar-refractivity contribution in [3.05, 3.63) is 147 Å². The summed E-state index contributed by atoms with van der Waals surface area (Å²) in [6, 6.07) is 42.6. The molecular formula is C36H26O2. The first-order valence-electron chi connectivity index (χ1n) is 12.6. The average molecular weight is 491 g/mol. The van der Waals surface area contributed by atoms with Gasteiger partial charge in [-0.15, -0.1) is 0 Å². The molecule has 0 saturated heterocycles. The molecule has 0 unspecified atom stereocenters. The molecule has 0 saturated carbocycles. The first-order valence-corrected chi connectivity index (χ1v) is 12.6. The van der Waals surface area contributed by atoms with E-state index in [1.54, 1.807) is 0 Å². The fourth-order valence-corrected chi connectivity index (χ4v) is 5.06. The largest absolute Gasteiger partial charge is 0.466 e. The summed E-state index contributed by atoms with van der Waals surface area (Å²) in [5, 5.41) is 4.58. The third-order valence-corrected chi connectivity index (χ3v) is 6.83. The van der Waals surface area contributed by atoms with E-state index < -0.39 is 0 Å². The summed E-state index contributed by atoms with van der Waals surface area (Å²) < 4.78 is 10.9. The van der Waals surface area contributed by atoms with Crippen molar-refractivity contribution >= 4 is 21.5 Å². The number of fused-ring (bicyclic) bond motifs is 2. The Morgan fingerprint density at radius 2 is 0.763 bits per heavy atom. The van der Waals surface area contributed by atoms with E-state index in [9.17, 15) is 0 Å². The van der Waals surface area contributed by atoms with E-state index in [0.29, 0.717) is 0 Å². The minimum absolute atomic E-state index is 0.786. The third kappa shape index (κ3) is 4.44. The molecule has 0 fully saturated rings. The summed E-state index contributed by atoms with van der Waals surface area (Å²) in [5.41, 5.74) is 7.13. The summed E-state index contributed by atoms with van der Waals surface area (Å²) in [4.78, 5) is 0. The standard InChI is InChI=1S/C36H26O2/c1-3-37-31-19-17-25-21-29(15-13-27(25)23-31)33-9-5-7-11-35(33)36-12-8-6-10-34(36)30-16-14-28-24-32(38-4-2)20-18-26(28)22-30/h3-24H,1-2H2. The minimum Gasteiger partial charge on any atom is -0.466 e. The zero-order valence-corrected chi connectivity index (χ0v) is 20.9. The van der Waals surface area contributed by atoms with Gasteiger partial charge in [-0.2, -0.15) is 0 Å². The van der Waals surface area contributed by atoms with Crippen molar-refractivity contribution in [1.29, 1.82) is 0 Å². The second kappa shape index (κ2) is 10.1. The van der Waals surface area contributed by atoms with Crippen molar-refractivity contribution in [2.75, 3.05) is 0 Å². The van der Waals surface area contributed by atoms with Gasteiger partial charge in [0.1, 0.15) is 11.5 Å². The Morgan fingerprint density at radius 1 is 0.395 bits per heavy atom. The SMILES string of the molecule is C=COc1ccc2cc(-c3ccccc3-c3ccccc3-c3ccc4cc(OC=C)ccc4c3)ccc2c1. The van der Waals surface area contributed by atoms with Crippen LogP contribution in [0.25, 0.3) is 54.9 Å². The average Bonchev–Trinajstić information content (AvgIpc) is 2.97. The van der Waals surface area contributed by atoms with Crippen LogP contribution in [0.1, 0.15) is 0 Å². The first kappa shape index (κ1) is 23.3. The molecule has 0 aliphatic carbocycles. The minimum atomic E-state index is 0.786. The van der Waals surface area contributed by atoms with Crippen LogP contribution in [0.5, 0.6) is 11.5 Å². The van der Waals surface area contributed by atoms with E-state index in [4.69, 9.17) is 9.47 Å². The van der Waals surface area contributed by atoms with Crippen molar-refractivity contribution in [2.45, 2.75) is 0 Å². The third-order valence-electron chi connectivity index (χ3n) is 6.83. The van der Waals surface area contributed by atoms with Gasteiger partial charge in [-0.1, -0.05) is 98.1 Å². The zero-order valence-electron chi connectivity index (χ0n) is 20.9. The van der Waals surface area contributed by atoms with E-state index in [1.807, 2.05) is 24.3 Å². The molecule has 6 aromatic carbocycles. The van der Waals surface area contributed by atoms with Gasteiger partial charge in [-0.3, -0.25) is 0 Å². The zero-order chi connectivity index (χ0) is 25.9. The molecule has 0 amide bonds. The molecule has 0 radical (unpaired) electrons. The number of ether oxygens (including phenoxy) is 2. The molecule has 0 N–H and O–H groups in total. The van der Waals surface area contributed by atoms with Crippen molar-refractivity contribution in [3.63, 3.8) is 0 Å². The van der Waals surface area contributed by atoms with Crippen LogP contribution in [0.4, 0.5) is 0 Å². The van der Waals surface area contributed by atoms with Gasteiger partial charge in [0, 0.05) is 0 Å². The molecule has 0 aliphatic rings. The van der Waals surface area contributed by atoms with Crippen LogP contribution in [-0.2, 0) is 0 Å². The lowest BCUT2D eigenvalue weighted by Crippen LogP contribution is -1.90. The molecule has 0 aliphatic heterocycles. The fourth-order valence-electron chi connectivity index (χ4n) is 5.06. The Kier molecular flexibility index (Phi) is 6.21. The summed E-state index contributed by atoms with van der Waals surface area (Å²) in [6.45, 7) is 7.30. The highest BCUT2D eigenvalue weighted by atomic mass is 16.5. The number of hydrogen-bond donors (Lipinski definition) is 0. The van der Waals surface area contributed by atoms with E-state index in [-0.39, 0.29) is 0 Å². The van der Waals surface area contributed by atoms with Gasteiger partial charge < -0.3 is 9.47 Å². The summed E-state index contributed by atoms with van der Waals surface area (Å²) in [5.74, 6) is 1.57. The predicted octanol–water partition coefficient (Wildman–Crippen LogP) is 10.0. The van der Waals surface area contributed by atoms with Crippen LogP contribution in [0.2, 0.25) is 0 Å². The van der Waals surface area contributed by atoms with Crippen LogP contribution in [0.15, 0.2) is 147 Å². The highest BCUT2D eigenvalue weighted by Gasteiger charge is 2.13. The topological polar surface area (TPSA) is 18.5 Å². The van der Waals surface area contributed by atoms with Gasteiger partial charge >= 0.3 is 0 Å². The van der Waals surface area contributed by atoms with Crippen molar-refractivity contribution < 1.29 is 9.47 Å². The highest BCUT2D eigenvalue weighted by Crippen LogP contribution is 2.39. The first-order chi connectivity index (χ1) is 18.7. The maximum atomic E-state index is 5.46. The van der Waals surface area contributed by atoms with Crippen LogP contribution >= 0.6 is 0 Å². The van der Waals surface area contributed by atoms with Gasteiger partial charge in [0.25, 0.3) is 0 Å². The second-order valence-corrected chi connectivity index (χ2v) is 9.11. The molecule has 38 heavy (non-hydrogen) atoms. The summed E-state index contributed by atoms with van der Waals surface area (Å²) in [7, 11) is 0. The summed E-state index contributed by atoms with van der Waals surface area (Å²) >= 11 is 0. The van der Waals surface area contributed by atoms with Gasteiger partial charge in [-0.25, -0.2) is 0 Å². The predicted molar refractivity (Wildman–Crippen MR) is 159 cm³/mol. The molecule has 0 spiro atoms. The molecule has 6 rings (SSSR count). The van der Waals surface area contributed by atoms with Crippen molar-refractivity contribution in [2.24, 2.45) is 0 Å². The normalized spacial score (nSPS) is 10.8. The molecular weight excluding hydrogens is 464 g/mol. The lowest BCUT2D eigenvalue weighted by atomic mass is 9.88. The lowest BCUT2D eigenvalue weighted by Gasteiger charge is -2.16. The number of rotatable bonds is 7. The van der Waals surface area contributed by atoms with Crippen LogP contribution in [0.3, 0.4) is 0 Å². The summed E-state index contributed by atoms with van der Waals surface area (Å²) in [6.07, 6.45) is 2.90. The smallest absolute Gasteiger partial charge is 0.127 e. The van der Waals surface area contributed by atoms with Crippen LogP contribution < -0.4 is 9.47 Å². The molecule has 2 nitrogen and oxygen atoms in total. The maximum absolute atomic E-state index is 5.46. The Labute approximate surface area is 222 Å². The quantitative estimate of drug-likeness (QED) is 0.207. The van der Waals surface area contributed by atoms with E-state index in [1.165, 1.54) is 45.9 Å². The van der Waals surface area contributed by atoms with E-state index >= 15 is 0 Å². The monoisotopic (exact) mass is 490 g/mol. The Bertz CT molecular complexity index is 1680. The number of benzene rings is 6. The molecule has 2 heteroatoms. The van der Waals surface area contributed by atoms with Crippen LogP contribution in [0, 0.1) is 0 Å². The van der Waals surface area contributed by atoms with Crippen LogP contribution in [-0.4, -0.2) is 0 Å². The lowest BCUT2D eigenvalue weighted by molar-refractivity contribution is 0.484. The fraction of sp³-hybridized carbons (Fsp3) is 0. The van der Waals surface area contributed by atoms with Gasteiger partial charge in [0.15, 0.2) is 0 Å². The molecule has 0 atom stereocenters. The molecule has 0 aromatic heterocycles. The molecule has 0 heterocycles. The van der Waals surface area contributed by atoms with Gasteiger partial charge in [0.2, 0.25) is 0 Å². The van der Waals surface area contributed by atoms with Crippen molar-refractivity contribution in [3.8, 4) is 44.9 Å². The van der Waals surface area contributed by atoms with Gasteiger partial charge in [-0.05, 0) is 91.3 Å². The Hall–Kier alpha value is -5.08. The molecule has 6 aromatic rings. The second-order valence-electron chi connectivity index (χ2n) is 9.11. The van der Waals surface area contributed by atoms with E-state index in [0.717, 1.165) is 33.0 Å². The van der Waals surface area contributed by atoms with Crippen molar-refractivity contribution in [1.82, 2.24) is 0 Å². The Morgan fingerprint density at radius 3 is 1.18 bits per heavy atom. The van der Waals surface area contributed by atoms with Gasteiger partial charge in [0.05, 0.1) is 12.5 Å². The van der Waals surface area contributed by atoms with E-state index in [2.05, 4.69) is 110 Å².